The molecule has 0 aliphatic heterocycles. The van der Waals surface area contributed by atoms with Gasteiger partial charge in [0, 0.05) is 11.6 Å². The van der Waals surface area contributed by atoms with E-state index in [-0.39, 0.29) is 23.0 Å². The van der Waals surface area contributed by atoms with Crippen LogP contribution in [0.3, 0.4) is 0 Å². The maximum atomic E-state index is 12.7. The van der Waals surface area contributed by atoms with Crippen molar-refractivity contribution in [3.05, 3.63) is 99.1 Å². The van der Waals surface area contributed by atoms with E-state index in [1.165, 1.54) is 17.8 Å². The summed E-state index contributed by atoms with van der Waals surface area (Å²) in [5.41, 5.74) is 2.44. The molecule has 0 saturated heterocycles. The van der Waals surface area contributed by atoms with Crippen LogP contribution in [-0.4, -0.2) is 31.3 Å². The number of anilines is 1. The number of rotatable bonds is 8. The normalized spacial score (nSPS) is 10.8. The number of carbonyl (C=O) groups excluding carboxylic acids is 1. The summed E-state index contributed by atoms with van der Waals surface area (Å²) in [7, 11) is 0. The first-order valence-electron chi connectivity index (χ1n) is 10.3. The van der Waals surface area contributed by atoms with E-state index < -0.39 is 4.92 Å². The highest BCUT2D eigenvalue weighted by atomic mass is 35.5. The summed E-state index contributed by atoms with van der Waals surface area (Å²) in [4.78, 5) is 23.5. The van der Waals surface area contributed by atoms with Crippen molar-refractivity contribution >= 4 is 40.6 Å². The van der Waals surface area contributed by atoms with Crippen LogP contribution in [0.4, 0.5) is 11.4 Å². The van der Waals surface area contributed by atoms with Gasteiger partial charge in [0.15, 0.2) is 11.0 Å². The molecule has 3 aromatic carbocycles. The van der Waals surface area contributed by atoms with Crippen molar-refractivity contribution in [1.29, 1.82) is 0 Å². The zero-order chi connectivity index (χ0) is 24.1. The van der Waals surface area contributed by atoms with Crippen LogP contribution >= 0.6 is 23.4 Å². The van der Waals surface area contributed by atoms with Gasteiger partial charge in [-0.1, -0.05) is 78.0 Å². The number of thioether (sulfide) groups is 1. The van der Waals surface area contributed by atoms with Gasteiger partial charge in [0.25, 0.3) is 5.69 Å². The van der Waals surface area contributed by atoms with Gasteiger partial charge >= 0.3 is 0 Å². The van der Waals surface area contributed by atoms with Gasteiger partial charge in [-0.2, -0.15) is 0 Å². The molecule has 0 aliphatic carbocycles. The maximum Gasteiger partial charge on any atom is 0.293 e. The Kier molecular flexibility index (Phi) is 7.24. The molecule has 0 radical (unpaired) electrons. The van der Waals surface area contributed by atoms with E-state index >= 15 is 0 Å². The Morgan fingerprint density at radius 1 is 1.06 bits per heavy atom. The summed E-state index contributed by atoms with van der Waals surface area (Å²) < 4.78 is 1.91. The first-order chi connectivity index (χ1) is 16.4. The molecule has 0 unspecified atom stereocenters. The highest BCUT2D eigenvalue weighted by molar-refractivity contribution is 7.99. The van der Waals surface area contributed by atoms with Crippen LogP contribution in [0.25, 0.3) is 11.4 Å². The van der Waals surface area contributed by atoms with E-state index in [0.717, 1.165) is 11.1 Å². The van der Waals surface area contributed by atoms with Gasteiger partial charge in [-0.3, -0.25) is 19.5 Å². The number of nitrogens with zero attached hydrogens (tertiary/aromatic N) is 4. The quantitative estimate of drug-likeness (QED) is 0.195. The molecular formula is C24H20ClN5O3S. The molecule has 4 rings (SSSR count). The number of carbonyl (C=O) groups is 1. The standard InChI is InChI=1S/C24H20ClN5O3S/c1-16-8-7-13-20(30(32)33)22(16)26-21(31)15-34-24-28-27-23(18-11-5-6-12-19(18)25)29(24)14-17-9-3-2-4-10-17/h2-13H,14-15H2,1H3,(H,26,31). The topological polar surface area (TPSA) is 103 Å². The number of hydrogen-bond donors (Lipinski definition) is 1. The molecule has 172 valence electrons. The maximum absolute atomic E-state index is 12.7. The van der Waals surface area contributed by atoms with Gasteiger partial charge in [0.1, 0.15) is 5.69 Å². The number of nitrogens with one attached hydrogen (secondary N) is 1. The van der Waals surface area contributed by atoms with Crippen molar-refractivity contribution in [2.45, 2.75) is 18.6 Å². The number of hydrogen-bond acceptors (Lipinski definition) is 6. The molecule has 0 aliphatic rings. The molecule has 8 nitrogen and oxygen atoms in total. The van der Waals surface area contributed by atoms with Crippen molar-refractivity contribution in [2.75, 3.05) is 11.1 Å². The number of halogens is 1. The van der Waals surface area contributed by atoms with E-state index in [4.69, 9.17) is 11.6 Å². The van der Waals surface area contributed by atoms with Crippen molar-refractivity contribution in [3.8, 4) is 11.4 Å². The molecule has 0 atom stereocenters. The summed E-state index contributed by atoms with van der Waals surface area (Å²) in [6, 6.07) is 21.9. The Hall–Kier alpha value is -3.69. The van der Waals surface area contributed by atoms with Crippen molar-refractivity contribution in [1.82, 2.24) is 14.8 Å². The van der Waals surface area contributed by atoms with Gasteiger partial charge in [-0.05, 0) is 30.2 Å². The van der Waals surface area contributed by atoms with Crippen molar-refractivity contribution in [2.24, 2.45) is 0 Å². The number of nitro groups is 1. The van der Waals surface area contributed by atoms with E-state index in [9.17, 15) is 14.9 Å². The lowest BCUT2D eigenvalue weighted by molar-refractivity contribution is -0.384. The number of aryl methyl sites for hydroxylation is 1. The van der Waals surface area contributed by atoms with Crippen LogP contribution in [-0.2, 0) is 11.3 Å². The fourth-order valence-corrected chi connectivity index (χ4v) is 4.38. The van der Waals surface area contributed by atoms with Crippen molar-refractivity contribution in [3.63, 3.8) is 0 Å². The van der Waals surface area contributed by atoms with Crippen LogP contribution in [0.1, 0.15) is 11.1 Å². The van der Waals surface area contributed by atoms with Gasteiger partial charge in [0.2, 0.25) is 5.91 Å². The average Bonchev–Trinajstić information content (AvgIpc) is 3.22. The zero-order valence-corrected chi connectivity index (χ0v) is 19.7. The third kappa shape index (κ3) is 5.27. The predicted octanol–water partition coefficient (Wildman–Crippen LogP) is 5.59. The minimum atomic E-state index is -0.512. The first-order valence-corrected chi connectivity index (χ1v) is 11.7. The molecule has 34 heavy (non-hydrogen) atoms. The molecule has 4 aromatic rings. The van der Waals surface area contributed by atoms with Gasteiger partial charge < -0.3 is 5.32 Å². The number of aromatic nitrogens is 3. The second-order valence-corrected chi connectivity index (χ2v) is 8.77. The number of benzene rings is 3. The first kappa shape index (κ1) is 23.5. The molecule has 1 heterocycles. The zero-order valence-electron chi connectivity index (χ0n) is 18.1. The van der Waals surface area contributed by atoms with Gasteiger partial charge in [0.05, 0.1) is 22.2 Å². The fourth-order valence-electron chi connectivity index (χ4n) is 3.42. The van der Waals surface area contributed by atoms with Gasteiger partial charge in [-0.25, -0.2) is 0 Å². The highest BCUT2D eigenvalue weighted by Crippen LogP contribution is 2.31. The fraction of sp³-hybridized carbons (Fsp3) is 0.125. The Labute approximate surface area is 205 Å². The molecule has 10 heteroatoms. The molecule has 1 N–H and O–H groups in total. The third-order valence-corrected chi connectivity index (χ3v) is 6.36. The Balaban J connectivity index is 1.58. The second kappa shape index (κ2) is 10.5. The summed E-state index contributed by atoms with van der Waals surface area (Å²) in [6.45, 7) is 2.20. The lowest BCUT2D eigenvalue weighted by Gasteiger charge is -2.12. The third-order valence-electron chi connectivity index (χ3n) is 5.06. The molecular weight excluding hydrogens is 474 g/mol. The summed E-state index contributed by atoms with van der Waals surface area (Å²) in [5, 5.41) is 23.7. The Morgan fingerprint density at radius 3 is 2.53 bits per heavy atom. The van der Waals surface area contributed by atoms with Crippen LogP contribution in [0, 0.1) is 17.0 Å². The second-order valence-electron chi connectivity index (χ2n) is 7.42. The molecule has 0 bridgehead atoms. The lowest BCUT2D eigenvalue weighted by Crippen LogP contribution is -2.16. The Morgan fingerprint density at radius 2 is 1.79 bits per heavy atom. The van der Waals surface area contributed by atoms with Crippen LogP contribution in [0.15, 0.2) is 78.0 Å². The molecule has 1 amide bonds. The van der Waals surface area contributed by atoms with E-state index in [1.54, 1.807) is 25.1 Å². The molecule has 0 spiro atoms. The minimum Gasteiger partial charge on any atom is -0.319 e. The summed E-state index contributed by atoms with van der Waals surface area (Å²) in [5.74, 6) is 0.212. The minimum absolute atomic E-state index is 0.000926. The summed E-state index contributed by atoms with van der Waals surface area (Å²) in [6.07, 6.45) is 0. The number of para-hydroxylation sites is 1. The monoisotopic (exact) mass is 493 g/mol. The highest BCUT2D eigenvalue weighted by Gasteiger charge is 2.20. The average molecular weight is 494 g/mol. The van der Waals surface area contributed by atoms with E-state index in [0.29, 0.717) is 28.1 Å². The molecule has 0 saturated carbocycles. The largest absolute Gasteiger partial charge is 0.319 e. The number of nitro benzene ring substituents is 1. The Bertz CT molecular complexity index is 1340. The SMILES string of the molecule is Cc1cccc([N+](=O)[O-])c1NC(=O)CSc1nnc(-c2ccccc2Cl)n1Cc1ccccc1. The lowest BCUT2D eigenvalue weighted by atomic mass is 10.1. The number of amides is 1. The molecule has 0 fully saturated rings. The predicted molar refractivity (Wildman–Crippen MR) is 133 cm³/mol. The van der Waals surface area contributed by atoms with Gasteiger partial charge in [-0.15, -0.1) is 10.2 Å². The van der Waals surface area contributed by atoms with Crippen LogP contribution in [0.2, 0.25) is 5.02 Å². The van der Waals surface area contributed by atoms with Crippen LogP contribution < -0.4 is 5.32 Å². The molecule has 1 aromatic heterocycles. The summed E-state index contributed by atoms with van der Waals surface area (Å²) >= 11 is 7.61. The van der Waals surface area contributed by atoms with Crippen LogP contribution in [0.5, 0.6) is 0 Å². The smallest absolute Gasteiger partial charge is 0.293 e. The van der Waals surface area contributed by atoms with E-state index in [1.807, 2.05) is 53.1 Å². The van der Waals surface area contributed by atoms with Crippen molar-refractivity contribution < 1.29 is 9.72 Å². The van der Waals surface area contributed by atoms with E-state index in [2.05, 4.69) is 15.5 Å².